The molecule has 1 heterocycles. The van der Waals surface area contributed by atoms with Gasteiger partial charge in [-0.15, -0.1) is 0 Å². The number of benzene rings is 2. The number of nitrogens with zero attached hydrogens (tertiary/aromatic N) is 1. The monoisotopic (exact) mass is 395 g/mol. The molecule has 0 saturated carbocycles. The second kappa shape index (κ2) is 10.6. The highest BCUT2D eigenvalue weighted by atomic mass is 16.5. The third kappa shape index (κ3) is 6.32. The molecule has 2 aromatic rings. The number of ether oxygens (including phenoxy) is 1. The number of unbranched alkanes of at least 4 members (excludes halogenated alkanes) is 1. The van der Waals surface area contributed by atoms with Gasteiger partial charge < -0.3 is 15.4 Å². The van der Waals surface area contributed by atoms with E-state index in [1.165, 1.54) is 5.56 Å². The highest BCUT2D eigenvalue weighted by molar-refractivity contribution is 6.00. The molecule has 2 aromatic carbocycles. The number of hydrogen-bond acceptors (Lipinski definition) is 4. The van der Waals surface area contributed by atoms with Crippen LogP contribution in [0.3, 0.4) is 0 Å². The van der Waals surface area contributed by atoms with E-state index in [-0.39, 0.29) is 12.1 Å². The third-order valence-electron chi connectivity index (χ3n) is 4.98. The van der Waals surface area contributed by atoms with Gasteiger partial charge in [0.05, 0.1) is 17.9 Å². The molecule has 0 radical (unpaired) electrons. The van der Waals surface area contributed by atoms with Gasteiger partial charge in [-0.05, 0) is 30.5 Å². The Hall–Kier alpha value is -2.86. The first kappa shape index (κ1) is 20.9. The quantitative estimate of drug-likeness (QED) is 0.523. The molecule has 29 heavy (non-hydrogen) atoms. The van der Waals surface area contributed by atoms with Crippen LogP contribution in [0.2, 0.25) is 0 Å². The Morgan fingerprint density at radius 2 is 1.86 bits per heavy atom. The molecule has 154 valence electrons. The van der Waals surface area contributed by atoms with E-state index in [1.807, 2.05) is 25.1 Å². The number of hydrogen-bond donors (Lipinski definition) is 2. The lowest BCUT2D eigenvalue weighted by molar-refractivity contribution is 0.0501. The van der Waals surface area contributed by atoms with Crippen LogP contribution in [-0.4, -0.2) is 42.6 Å². The standard InChI is InChI=1S/C23H29N3O3/c1-2-3-15-29-22(27)20-11-7-8-12-21(20)25-23(28)24-19-13-14-26(17-19)16-18-9-5-4-6-10-18/h4-12,19H,2-3,13-17H2,1H3,(H2,24,25,28). The minimum absolute atomic E-state index is 0.0855. The Labute approximate surface area is 172 Å². The molecule has 1 unspecified atom stereocenters. The summed E-state index contributed by atoms with van der Waals surface area (Å²) in [6.45, 7) is 5.06. The van der Waals surface area contributed by atoms with Crippen LogP contribution in [-0.2, 0) is 11.3 Å². The molecule has 1 aliphatic rings. The van der Waals surface area contributed by atoms with Crippen LogP contribution in [0.1, 0.15) is 42.1 Å². The van der Waals surface area contributed by atoms with E-state index >= 15 is 0 Å². The largest absolute Gasteiger partial charge is 0.462 e. The van der Waals surface area contributed by atoms with Gasteiger partial charge >= 0.3 is 12.0 Å². The van der Waals surface area contributed by atoms with Crippen molar-refractivity contribution < 1.29 is 14.3 Å². The van der Waals surface area contributed by atoms with Crippen molar-refractivity contribution in [3.63, 3.8) is 0 Å². The number of likely N-dealkylation sites (tertiary alicyclic amines) is 1. The fourth-order valence-electron chi connectivity index (χ4n) is 3.44. The van der Waals surface area contributed by atoms with Gasteiger partial charge in [0.1, 0.15) is 0 Å². The second-order valence-electron chi connectivity index (χ2n) is 7.34. The Bertz CT molecular complexity index is 810. The van der Waals surface area contributed by atoms with Crippen LogP contribution in [0.4, 0.5) is 10.5 Å². The molecule has 2 N–H and O–H groups in total. The van der Waals surface area contributed by atoms with Gasteiger partial charge in [0, 0.05) is 25.7 Å². The lowest BCUT2D eigenvalue weighted by atomic mass is 10.2. The van der Waals surface area contributed by atoms with Crippen molar-refractivity contribution in [2.24, 2.45) is 0 Å². The first-order valence-electron chi connectivity index (χ1n) is 10.3. The summed E-state index contributed by atoms with van der Waals surface area (Å²) < 4.78 is 5.28. The molecule has 1 aliphatic heterocycles. The molecule has 0 spiro atoms. The number of rotatable bonds is 8. The summed E-state index contributed by atoms with van der Waals surface area (Å²) in [4.78, 5) is 27.1. The SMILES string of the molecule is CCCCOC(=O)c1ccccc1NC(=O)NC1CCN(Cc2ccccc2)C1. The van der Waals surface area contributed by atoms with Crippen LogP contribution in [0.5, 0.6) is 0 Å². The van der Waals surface area contributed by atoms with Crippen molar-refractivity contribution in [2.75, 3.05) is 25.0 Å². The van der Waals surface area contributed by atoms with E-state index in [9.17, 15) is 9.59 Å². The molecule has 3 rings (SSSR count). The van der Waals surface area contributed by atoms with Gasteiger partial charge in [0.15, 0.2) is 0 Å². The number of para-hydroxylation sites is 1. The first-order chi connectivity index (χ1) is 14.2. The van der Waals surface area contributed by atoms with Gasteiger partial charge in [-0.3, -0.25) is 4.90 Å². The summed E-state index contributed by atoms with van der Waals surface area (Å²) in [7, 11) is 0. The zero-order valence-electron chi connectivity index (χ0n) is 16.9. The van der Waals surface area contributed by atoms with Crippen molar-refractivity contribution in [1.82, 2.24) is 10.2 Å². The van der Waals surface area contributed by atoms with E-state index in [1.54, 1.807) is 24.3 Å². The average molecular weight is 396 g/mol. The van der Waals surface area contributed by atoms with Gasteiger partial charge in [-0.25, -0.2) is 9.59 Å². The Morgan fingerprint density at radius 3 is 2.66 bits per heavy atom. The summed E-state index contributed by atoms with van der Waals surface area (Å²) in [5.41, 5.74) is 2.11. The number of nitrogens with one attached hydrogen (secondary N) is 2. The number of esters is 1. The topological polar surface area (TPSA) is 70.7 Å². The zero-order valence-corrected chi connectivity index (χ0v) is 16.9. The molecule has 1 atom stereocenters. The summed E-state index contributed by atoms with van der Waals surface area (Å²) in [6, 6.07) is 17.0. The van der Waals surface area contributed by atoms with Crippen LogP contribution >= 0.6 is 0 Å². The molecule has 2 amide bonds. The zero-order chi connectivity index (χ0) is 20.5. The molecule has 1 saturated heterocycles. The minimum Gasteiger partial charge on any atom is -0.462 e. The fourth-order valence-corrected chi connectivity index (χ4v) is 3.44. The molecular formula is C23H29N3O3. The number of urea groups is 1. The van der Waals surface area contributed by atoms with Crippen LogP contribution in [0.15, 0.2) is 54.6 Å². The van der Waals surface area contributed by atoms with Gasteiger partial charge in [-0.2, -0.15) is 0 Å². The normalized spacial score (nSPS) is 16.4. The first-order valence-corrected chi connectivity index (χ1v) is 10.3. The van der Waals surface area contributed by atoms with Crippen molar-refractivity contribution in [1.29, 1.82) is 0 Å². The Morgan fingerprint density at radius 1 is 1.10 bits per heavy atom. The summed E-state index contributed by atoms with van der Waals surface area (Å²) in [5, 5.41) is 5.82. The second-order valence-corrected chi connectivity index (χ2v) is 7.34. The molecule has 0 aromatic heterocycles. The summed E-state index contributed by atoms with van der Waals surface area (Å²) in [5.74, 6) is -0.413. The number of anilines is 1. The van der Waals surface area contributed by atoms with E-state index < -0.39 is 5.97 Å². The maximum atomic E-state index is 12.5. The maximum absolute atomic E-state index is 12.5. The number of amides is 2. The van der Waals surface area contributed by atoms with Crippen molar-refractivity contribution in [3.8, 4) is 0 Å². The highest BCUT2D eigenvalue weighted by Gasteiger charge is 2.24. The summed E-state index contributed by atoms with van der Waals surface area (Å²) >= 11 is 0. The Kier molecular flexibility index (Phi) is 7.64. The molecule has 6 heteroatoms. The highest BCUT2D eigenvalue weighted by Crippen LogP contribution is 2.17. The van der Waals surface area contributed by atoms with Gasteiger partial charge in [-0.1, -0.05) is 55.8 Å². The van der Waals surface area contributed by atoms with Crippen LogP contribution < -0.4 is 10.6 Å². The Balaban J connectivity index is 1.50. The molecule has 0 bridgehead atoms. The van der Waals surface area contributed by atoms with E-state index in [0.29, 0.717) is 17.9 Å². The van der Waals surface area contributed by atoms with Crippen molar-refractivity contribution in [3.05, 3.63) is 65.7 Å². The van der Waals surface area contributed by atoms with E-state index in [2.05, 4.69) is 27.7 Å². The maximum Gasteiger partial charge on any atom is 0.340 e. The van der Waals surface area contributed by atoms with Gasteiger partial charge in [0.25, 0.3) is 0 Å². The minimum atomic E-state index is -0.413. The van der Waals surface area contributed by atoms with Gasteiger partial charge in [0.2, 0.25) is 0 Å². The molecule has 1 fully saturated rings. The van der Waals surface area contributed by atoms with Crippen molar-refractivity contribution >= 4 is 17.7 Å². The fraction of sp³-hybridized carbons (Fsp3) is 0.391. The smallest absolute Gasteiger partial charge is 0.340 e. The number of carbonyl (C=O) groups excluding carboxylic acids is 2. The molecule has 0 aliphatic carbocycles. The van der Waals surface area contributed by atoms with E-state index in [0.717, 1.165) is 38.9 Å². The van der Waals surface area contributed by atoms with Crippen LogP contribution in [0, 0.1) is 0 Å². The number of carbonyl (C=O) groups is 2. The van der Waals surface area contributed by atoms with Crippen LogP contribution in [0.25, 0.3) is 0 Å². The lowest BCUT2D eigenvalue weighted by Crippen LogP contribution is -2.39. The summed E-state index contributed by atoms with van der Waals surface area (Å²) in [6.07, 6.45) is 2.68. The van der Waals surface area contributed by atoms with Crippen molar-refractivity contribution in [2.45, 2.75) is 38.8 Å². The predicted octanol–water partition coefficient (Wildman–Crippen LogP) is 4.04. The molecular weight excluding hydrogens is 366 g/mol. The van der Waals surface area contributed by atoms with E-state index in [4.69, 9.17) is 4.74 Å². The lowest BCUT2D eigenvalue weighted by Gasteiger charge is -2.17. The molecule has 6 nitrogen and oxygen atoms in total. The predicted molar refractivity (Wildman–Crippen MR) is 114 cm³/mol. The average Bonchev–Trinajstić information content (AvgIpc) is 3.15. The third-order valence-corrected chi connectivity index (χ3v) is 4.98.